The van der Waals surface area contributed by atoms with Crippen molar-refractivity contribution in [2.45, 2.75) is 27.2 Å². The molecule has 0 aliphatic rings. The standard InChI is InChI=1S/C19H18BrN3OS.HI/c1-12-6-8-16(9-7-12)23(14(3)24)19-22-17(18(20)25-19)11-15-5-4-10-21-13(15)2;/h4-10H,11H2,1-3H3;1H. The zero-order valence-corrected chi connectivity index (χ0v) is 19.4. The molecule has 0 bridgehead atoms. The first-order valence-corrected chi connectivity index (χ1v) is 9.49. The molecule has 3 rings (SSSR count). The van der Waals surface area contributed by atoms with E-state index in [9.17, 15) is 4.79 Å². The van der Waals surface area contributed by atoms with Gasteiger partial charge in [0, 0.05) is 25.2 Å². The van der Waals surface area contributed by atoms with Crippen LogP contribution in [-0.2, 0) is 11.2 Å². The second-order valence-electron chi connectivity index (χ2n) is 5.83. The highest BCUT2D eigenvalue weighted by molar-refractivity contribution is 14.0. The van der Waals surface area contributed by atoms with Gasteiger partial charge < -0.3 is 0 Å². The van der Waals surface area contributed by atoms with E-state index in [0.29, 0.717) is 11.6 Å². The van der Waals surface area contributed by atoms with Crippen LogP contribution in [-0.4, -0.2) is 15.9 Å². The van der Waals surface area contributed by atoms with Crippen LogP contribution in [0, 0.1) is 13.8 Å². The molecule has 26 heavy (non-hydrogen) atoms. The number of anilines is 2. The summed E-state index contributed by atoms with van der Waals surface area (Å²) in [5.74, 6) is -0.0609. The van der Waals surface area contributed by atoms with Crippen LogP contribution >= 0.6 is 51.2 Å². The van der Waals surface area contributed by atoms with Crippen molar-refractivity contribution in [2.24, 2.45) is 0 Å². The molecule has 136 valence electrons. The number of halogens is 2. The first kappa shape index (κ1) is 21.0. The SMILES string of the molecule is CC(=O)N(c1ccc(C)cc1)c1nc(Cc2cccnc2C)c(Br)s1.I. The molecule has 0 fully saturated rings. The van der Waals surface area contributed by atoms with Crippen LogP contribution < -0.4 is 4.90 Å². The van der Waals surface area contributed by atoms with E-state index in [1.165, 1.54) is 11.3 Å². The van der Waals surface area contributed by atoms with E-state index in [1.807, 2.05) is 44.2 Å². The van der Waals surface area contributed by atoms with Gasteiger partial charge in [-0.1, -0.05) is 35.1 Å². The summed E-state index contributed by atoms with van der Waals surface area (Å²) >= 11 is 5.06. The van der Waals surface area contributed by atoms with E-state index >= 15 is 0 Å². The van der Waals surface area contributed by atoms with Gasteiger partial charge in [-0.3, -0.25) is 14.7 Å². The smallest absolute Gasteiger partial charge is 0.230 e. The number of thiazole rings is 1. The van der Waals surface area contributed by atoms with Gasteiger partial charge in [-0.15, -0.1) is 24.0 Å². The number of hydrogen-bond donors (Lipinski definition) is 0. The predicted octanol–water partition coefficient (Wildman–Crippen LogP) is 5.81. The van der Waals surface area contributed by atoms with Crippen molar-refractivity contribution in [1.29, 1.82) is 0 Å². The van der Waals surface area contributed by atoms with Crippen LogP contribution in [0.2, 0.25) is 0 Å². The number of aryl methyl sites for hydroxylation is 2. The molecule has 2 heterocycles. The number of aromatic nitrogens is 2. The molecule has 0 spiro atoms. The number of pyridine rings is 1. The Morgan fingerprint density at radius 2 is 1.88 bits per heavy atom. The Bertz CT molecular complexity index is 911. The minimum absolute atomic E-state index is 0. The fourth-order valence-corrected chi connectivity index (χ4v) is 4.07. The Labute approximate surface area is 182 Å². The third kappa shape index (κ3) is 4.69. The molecule has 3 aromatic rings. The topological polar surface area (TPSA) is 46.1 Å². The van der Waals surface area contributed by atoms with Gasteiger partial charge in [-0.25, -0.2) is 4.98 Å². The first-order valence-electron chi connectivity index (χ1n) is 7.89. The number of carbonyl (C=O) groups is 1. The fourth-order valence-electron chi connectivity index (χ4n) is 2.53. The Balaban J connectivity index is 0.00000243. The molecule has 0 saturated heterocycles. The highest BCUT2D eigenvalue weighted by Gasteiger charge is 2.20. The number of carbonyl (C=O) groups excluding carboxylic acids is 1. The summed E-state index contributed by atoms with van der Waals surface area (Å²) in [7, 11) is 0. The van der Waals surface area contributed by atoms with Crippen LogP contribution in [0.5, 0.6) is 0 Å². The van der Waals surface area contributed by atoms with E-state index in [1.54, 1.807) is 18.0 Å². The van der Waals surface area contributed by atoms with Crippen molar-refractivity contribution < 1.29 is 4.79 Å². The monoisotopic (exact) mass is 543 g/mol. The molecular weight excluding hydrogens is 525 g/mol. The van der Waals surface area contributed by atoms with Crippen LogP contribution in [0.3, 0.4) is 0 Å². The summed E-state index contributed by atoms with van der Waals surface area (Å²) in [6, 6.07) is 11.9. The minimum Gasteiger partial charge on any atom is -0.274 e. The molecule has 0 unspecified atom stereocenters. The molecule has 0 radical (unpaired) electrons. The van der Waals surface area contributed by atoms with Gasteiger partial charge in [0.25, 0.3) is 0 Å². The largest absolute Gasteiger partial charge is 0.274 e. The van der Waals surface area contributed by atoms with E-state index in [2.05, 4.69) is 27.0 Å². The Morgan fingerprint density at radius 3 is 2.50 bits per heavy atom. The zero-order chi connectivity index (χ0) is 18.0. The van der Waals surface area contributed by atoms with Crippen molar-refractivity contribution in [3.63, 3.8) is 0 Å². The molecule has 1 amide bonds. The van der Waals surface area contributed by atoms with Crippen molar-refractivity contribution in [3.05, 3.63) is 68.9 Å². The maximum atomic E-state index is 12.2. The number of hydrogen-bond acceptors (Lipinski definition) is 4. The van der Waals surface area contributed by atoms with Gasteiger partial charge in [0.05, 0.1) is 15.2 Å². The highest BCUT2D eigenvalue weighted by atomic mass is 127. The maximum absolute atomic E-state index is 12.2. The van der Waals surface area contributed by atoms with E-state index < -0.39 is 0 Å². The Hall–Kier alpha value is -1.32. The molecule has 0 atom stereocenters. The number of amides is 1. The van der Waals surface area contributed by atoms with Crippen molar-refractivity contribution >= 4 is 68.0 Å². The summed E-state index contributed by atoms with van der Waals surface area (Å²) < 4.78 is 0.934. The van der Waals surface area contributed by atoms with Gasteiger partial charge in [-0.05, 0) is 53.5 Å². The lowest BCUT2D eigenvalue weighted by molar-refractivity contribution is -0.115. The van der Waals surface area contributed by atoms with E-state index in [4.69, 9.17) is 4.98 Å². The van der Waals surface area contributed by atoms with Crippen LogP contribution in [0.1, 0.15) is 29.4 Å². The molecule has 7 heteroatoms. The third-order valence-electron chi connectivity index (χ3n) is 3.91. The third-order valence-corrected chi connectivity index (χ3v) is 5.73. The lowest BCUT2D eigenvalue weighted by Gasteiger charge is -2.18. The zero-order valence-electron chi connectivity index (χ0n) is 14.7. The first-order chi connectivity index (χ1) is 12.0. The molecule has 0 aliphatic heterocycles. The molecule has 1 aromatic carbocycles. The molecule has 0 aliphatic carbocycles. The van der Waals surface area contributed by atoms with Crippen molar-refractivity contribution in [1.82, 2.24) is 9.97 Å². The molecule has 0 N–H and O–H groups in total. The lowest BCUT2D eigenvalue weighted by Crippen LogP contribution is -2.22. The van der Waals surface area contributed by atoms with Gasteiger partial charge >= 0.3 is 0 Å². The highest BCUT2D eigenvalue weighted by Crippen LogP contribution is 2.36. The van der Waals surface area contributed by atoms with E-state index in [-0.39, 0.29) is 29.9 Å². The Morgan fingerprint density at radius 1 is 1.19 bits per heavy atom. The van der Waals surface area contributed by atoms with Crippen LogP contribution in [0.25, 0.3) is 0 Å². The average molecular weight is 544 g/mol. The maximum Gasteiger partial charge on any atom is 0.230 e. The summed E-state index contributed by atoms with van der Waals surface area (Å²) in [4.78, 5) is 22.9. The Kier molecular flexibility index (Phi) is 7.31. The van der Waals surface area contributed by atoms with Crippen LogP contribution in [0.4, 0.5) is 10.8 Å². The molecule has 4 nitrogen and oxygen atoms in total. The van der Waals surface area contributed by atoms with Crippen molar-refractivity contribution in [2.75, 3.05) is 4.90 Å². The normalized spacial score (nSPS) is 10.3. The summed E-state index contributed by atoms with van der Waals surface area (Å²) in [6.45, 7) is 5.57. The second-order valence-corrected chi connectivity index (χ2v) is 8.13. The van der Waals surface area contributed by atoms with Gasteiger partial charge in [0.2, 0.25) is 5.91 Å². The van der Waals surface area contributed by atoms with Crippen LogP contribution in [0.15, 0.2) is 46.4 Å². The number of rotatable bonds is 4. The summed E-state index contributed by atoms with van der Waals surface area (Å²) in [5, 5.41) is 0.666. The van der Waals surface area contributed by atoms with Gasteiger partial charge in [-0.2, -0.15) is 0 Å². The second kappa shape index (κ2) is 9.05. The lowest BCUT2D eigenvalue weighted by atomic mass is 10.1. The number of nitrogens with zero attached hydrogens (tertiary/aromatic N) is 3. The molecule has 0 saturated carbocycles. The fraction of sp³-hybridized carbons (Fsp3) is 0.211. The molecule has 2 aromatic heterocycles. The van der Waals surface area contributed by atoms with Gasteiger partial charge in [0.15, 0.2) is 5.13 Å². The minimum atomic E-state index is -0.0609. The van der Waals surface area contributed by atoms with Gasteiger partial charge in [0.1, 0.15) is 0 Å². The predicted molar refractivity (Wildman–Crippen MR) is 121 cm³/mol. The van der Waals surface area contributed by atoms with E-state index in [0.717, 1.165) is 32.0 Å². The quantitative estimate of drug-likeness (QED) is 0.390. The summed E-state index contributed by atoms with van der Waals surface area (Å²) in [5.41, 5.74) is 5.01. The average Bonchev–Trinajstić information content (AvgIpc) is 2.92. The summed E-state index contributed by atoms with van der Waals surface area (Å²) in [6.07, 6.45) is 2.46. The molecular formula is C19H19BrIN3OS. The van der Waals surface area contributed by atoms with Crippen molar-refractivity contribution in [3.8, 4) is 0 Å². The number of benzene rings is 1.